The van der Waals surface area contributed by atoms with Crippen molar-refractivity contribution in [1.29, 1.82) is 10.8 Å². The number of aliphatic hydroxyl groups is 2. The fourth-order valence-corrected chi connectivity index (χ4v) is 7.83. The van der Waals surface area contributed by atoms with E-state index in [0.717, 1.165) is 22.1 Å². The molecule has 18 heteroatoms. The molecule has 0 aliphatic rings. The van der Waals surface area contributed by atoms with Gasteiger partial charge in [-0.1, -0.05) is 105 Å². The van der Waals surface area contributed by atoms with Crippen LogP contribution in [0.5, 0.6) is 0 Å². The van der Waals surface area contributed by atoms with Gasteiger partial charge in [0.15, 0.2) is 0 Å². The monoisotopic (exact) mass is 937 g/mol. The minimum Gasteiger partial charge on any atom is -0.387 e. The van der Waals surface area contributed by atoms with E-state index in [1.54, 1.807) is 95.9 Å². The number of terminal acetylenes is 1. The second-order valence-electron chi connectivity index (χ2n) is 13.9. The molecule has 5 aromatic carbocycles. The molecule has 0 aliphatic carbocycles. The molecule has 2 atom stereocenters. The highest BCUT2D eigenvalue weighted by atomic mass is 35.5. The first-order valence-corrected chi connectivity index (χ1v) is 20.7. The second kappa shape index (κ2) is 18.9. The number of nitrogens with zero attached hydrogens (tertiary/aromatic N) is 7. The van der Waals surface area contributed by atoms with Crippen molar-refractivity contribution < 1.29 is 14.6 Å². The summed E-state index contributed by atoms with van der Waals surface area (Å²) in [6.07, 6.45) is 5.40. The summed E-state index contributed by atoms with van der Waals surface area (Å²) >= 11 is 36.4. The lowest BCUT2D eigenvalue weighted by Gasteiger charge is -2.13. The highest BCUT2D eigenvalue weighted by Gasteiger charge is 2.19. The third-order valence-corrected chi connectivity index (χ3v) is 11.8. The van der Waals surface area contributed by atoms with Gasteiger partial charge in [0.05, 0.1) is 93.3 Å². The topological polar surface area (TPSA) is 139 Å². The summed E-state index contributed by atoms with van der Waals surface area (Å²) in [7, 11) is 0. The van der Waals surface area contributed by atoms with Crippen molar-refractivity contribution in [2.75, 3.05) is 0 Å². The van der Waals surface area contributed by atoms with Crippen LogP contribution < -0.4 is 11.2 Å². The molecule has 3 heterocycles. The van der Waals surface area contributed by atoms with Gasteiger partial charge in [0.2, 0.25) is 11.2 Å². The molecule has 0 amide bonds. The van der Waals surface area contributed by atoms with Crippen LogP contribution in [0.15, 0.2) is 103 Å². The minimum atomic E-state index is -0.921. The fraction of sp³-hybridized carbons (Fsp3) is 0.163. The van der Waals surface area contributed by atoms with Crippen LogP contribution >= 0.6 is 69.6 Å². The molecule has 0 aliphatic heterocycles. The van der Waals surface area contributed by atoms with Crippen LogP contribution in [-0.2, 0) is 32.7 Å². The Bertz CT molecular complexity index is 3080. The van der Waals surface area contributed by atoms with Crippen LogP contribution in [0.25, 0.3) is 22.1 Å². The molecule has 0 saturated carbocycles. The molecule has 0 fully saturated rings. The summed E-state index contributed by atoms with van der Waals surface area (Å²) in [5.74, 6) is 2.23. The van der Waals surface area contributed by atoms with Gasteiger partial charge < -0.3 is 23.9 Å². The summed E-state index contributed by atoms with van der Waals surface area (Å²) in [4.78, 5) is 0. The van der Waals surface area contributed by atoms with E-state index < -0.39 is 12.2 Å². The van der Waals surface area contributed by atoms with Gasteiger partial charge >= 0.3 is 0 Å². The number of rotatable bonds is 11. The molecule has 61 heavy (non-hydrogen) atoms. The molecule has 312 valence electrons. The summed E-state index contributed by atoms with van der Waals surface area (Å²) < 4.78 is 21.9. The highest BCUT2D eigenvalue weighted by Crippen LogP contribution is 2.29. The number of halogens is 7. The van der Waals surface area contributed by atoms with Gasteiger partial charge in [-0.3, -0.25) is 15.4 Å². The SMILES string of the molecule is C#CCn1c(=N)n(CC(O)c2ccc(Cl)c(Cl)c2)c2ccc(Cl)cc21.N=c1n(Cc2cn(Cc3cccc(F)c3)nn2)c2cc(Cl)ccc2n1CC(O)c1ccc(Cl)c(Cl)c1. The number of fused-ring (bicyclic) bond motifs is 2. The number of aliphatic hydroxyl groups excluding tert-OH is 2. The van der Waals surface area contributed by atoms with Gasteiger partial charge in [0.25, 0.3) is 0 Å². The lowest BCUT2D eigenvalue weighted by atomic mass is 10.1. The average Bonchev–Trinajstić information content (AvgIpc) is 3.85. The van der Waals surface area contributed by atoms with Crippen molar-refractivity contribution >= 4 is 91.7 Å². The zero-order valence-corrected chi connectivity index (χ0v) is 36.3. The van der Waals surface area contributed by atoms with E-state index in [1.807, 2.05) is 18.2 Å². The molecule has 11 nitrogen and oxygen atoms in total. The third-order valence-electron chi connectivity index (χ3n) is 9.82. The molecule has 3 aromatic heterocycles. The Morgan fingerprint density at radius 1 is 0.623 bits per heavy atom. The molecule has 0 radical (unpaired) electrons. The maximum absolute atomic E-state index is 13.5. The Morgan fingerprint density at radius 2 is 1.16 bits per heavy atom. The first kappa shape index (κ1) is 44.0. The maximum Gasteiger partial charge on any atom is 0.203 e. The molecular formula is C43H34Cl6FN9O2. The predicted octanol–water partition coefficient (Wildman–Crippen LogP) is 9.69. The molecule has 0 bridgehead atoms. The Morgan fingerprint density at radius 3 is 1.69 bits per heavy atom. The Kier molecular flexibility index (Phi) is 13.6. The zero-order chi connectivity index (χ0) is 43.5. The van der Waals surface area contributed by atoms with E-state index in [9.17, 15) is 14.6 Å². The van der Waals surface area contributed by atoms with E-state index in [4.69, 9.17) is 86.8 Å². The van der Waals surface area contributed by atoms with E-state index in [1.165, 1.54) is 12.1 Å². The first-order valence-electron chi connectivity index (χ1n) is 18.4. The lowest BCUT2D eigenvalue weighted by molar-refractivity contribution is 0.155. The standard InChI is InChI=1S/C25H20Cl3FN6O.C18H14Cl3N3O/c26-17-5-7-22-23(10-17)34(13-19-12-33(32-31-19)11-15-2-1-3-18(29)8-15)25(30)35(22)14-24(36)16-4-6-20(27)21(28)9-16;1-2-7-23-16-9-12(19)4-6-15(16)24(18(23)22)10-17(25)11-3-5-13(20)14(21)8-11/h1-10,12,24,30,36H,11,13-14H2;1,3-6,8-9,17,22,25H,7,10H2. The van der Waals surface area contributed by atoms with E-state index in [0.29, 0.717) is 59.0 Å². The number of nitrogens with one attached hydrogen (secondary N) is 2. The van der Waals surface area contributed by atoms with E-state index >= 15 is 0 Å². The molecule has 2 unspecified atom stereocenters. The number of aromatic nitrogens is 7. The molecule has 4 N–H and O–H groups in total. The van der Waals surface area contributed by atoms with Gasteiger partial charge in [-0.2, -0.15) is 0 Å². The summed E-state index contributed by atoms with van der Waals surface area (Å²) in [5, 5.41) is 49.8. The first-order chi connectivity index (χ1) is 29.2. The van der Waals surface area contributed by atoms with Gasteiger partial charge in [-0.15, -0.1) is 11.5 Å². The van der Waals surface area contributed by atoms with Crippen molar-refractivity contribution in [2.45, 2.75) is 44.9 Å². The van der Waals surface area contributed by atoms with Gasteiger partial charge in [-0.25, -0.2) is 9.07 Å². The van der Waals surface area contributed by atoms with Gasteiger partial charge in [0, 0.05) is 10.0 Å². The van der Waals surface area contributed by atoms with E-state index in [2.05, 4.69) is 16.2 Å². The second-order valence-corrected chi connectivity index (χ2v) is 16.4. The molecule has 8 aromatic rings. The molecule has 0 saturated heterocycles. The van der Waals surface area contributed by atoms with Crippen molar-refractivity contribution in [3.8, 4) is 12.3 Å². The van der Waals surface area contributed by atoms with E-state index in [-0.39, 0.29) is 43.2 Å². The largest absolute Gasteiger partial charge is 0.387 e. The van der Waals surface area contributed by atoms with Crippen LogP contribution in [0, 0.1) is 29.0 Å². The van der Waals surface area contributed by atoms with Crippen LogP contribution in [0.1, 0.15) is 34.6 Å². The van der Waals surface area contributed by atoms with Gasteiger partial charge in [0.1, 0.15) is 11.5 Å². The normalized spacial score (nSPS) is 12.3. The fourth-order valence-electron chi connectivity index (χ4n) is 6.88. The molecule has 0 spiro atoms. The van der Waals surface area contributed by atoms with Crippen molar-refractivity contribution in [2.24, 2.45) is 0 Å². The number of benzene rings is 5. The van der Waals surface area contributed by atoms with Gasteiger partial charge in [-0.05, 0) is 89.5 Å². The summed E-state index contributed by atoms with van der Waals surface area (Å²) in [6.45, 7) is 1.16. The van der Waals surface area contributed by atoms with Crippen molar-refractivity contribution in [1.82, 2.24) is 33.3 Å². The quantitative estimate of drug-likeness (QED) is 0.0960. The minimum absolute atomic E-state index is 0.119. The Hall–Kier alpha value is -5.07. The van der Waals surface area contributed by atoms with Crippen LogP contribution in [0.4, 0.5) is 4.39 Å². The number of hydrogen-bond acceptors (Lipinski definition) is 6. The summed E-state index contributed by atoms with van der Waals surface area (Å²) in [5.41, 5.74) is 5.90. The summed E-state index contributed by atoms with van der Waals surface area (Å²) in [6, 6.07) is 26.9. The Labute approximate surface area is 378 Å². The highest BCUT2D eigenvalue weighted by molar-refractivity contribution is 6.42. The lowest BCUT2D eigenvalue weighted by Crippen LogP contribution is -2.27. The Balaban J connectivity index is 0.000000197. The average molecular weight is 941 g/mol. The maximum atomic E-state index is 13.5. The van der Waals surface area contributed by atoms with Crippen LogP contribution in [0.3, 0.4) is 0 Å². The van der Waals surface area contributed by atoms with Crippen molar-refractivity contribution in [3.63, 3.8) is 0 Å². The number of imidazole rings is 2. The van der Waals surface area contributed by atoms with Crippen LogP contribution in [-0.4, -0.2) is 43.5 Å². The number of hydrogen-bond donors (Lipinski definition) is 4. The smallest absolute Gasteiger partial charge is 0.203 e. The molecule has 8 rings (SSSR count). The molecular weight excluding hydrogens is 906 g/mol. The zero-order valence-electron chi connectivity index (χ0n) is 31.8. The van der Waals surface area contributed by atoms with Crippen molar-refractivity contribution in [3.05, 3.63) is 173 Å². The third kappa shape index (κ3) is 9.86. The predicted molar refractivity (Wildman–Crippen MR) is 238 cm³/mol. The van der Waals surface area contributed by atoms with Crippen LogP contribution in [0.2, 0.25) is 30.1 Å².